The van der Waals surface area contributed by atoms with Gasteiger partial charge in [0.15, 0.2) is 0 Å². The minimum Gasteiger partial charge on any atom is -0.465 e. The number of nitrogens with zero attached hydrogens (tertiary/aromatic N) is 1. The Labute approximate surface area is 64.4 Å². The van der Waals surface area contributed by atoms with Crippen molar-refractivity contribution in [3.63, 3.8) is 0 Å². The molecule has 62 valence electrons. The largest absolute Gasteiger partial charge is 0.465 e. The van der Waals surface area contributed by atoms with Gasteiger partial charge in [-0.2, -0.15) is 0 Å². The van der Waals surface area contributed by atoms with Crippen LogP contribution < -0.4 is 0 Å². The fourth-order valence-corrected chi connectivity index (χ4v) is 2.08. The van der Waals surface area contributed by atoms with Crippen LogP contribution in [-0.2, 0) is 0 Å². The van der Waals surface area contributed by atoms with Crippen molar-refractivity contribution in [2.75, 3.05) is 19.7 Å². The molecular weight excluding hydrogens is 146 g/mol. The fourth-order valence-electron chi connectivity index (χ4n) is 2.08. The third kappa shape index (κ3) is 0.894. The zero-order valence-corrected chi connectivity index (χ0v) is 6.10. The van der Waals surface area contributed by atoms with Gasteiger partial charge in [-0.05, 0) is 17.8 Å². The molecule has 2 aliphatic rings. The summed E-state index contributed by atoms with van der Waals surface area (Å²) in [4.78, 5) is 11.9. The molecule has 2 rings (SSSR count). The predicted molar refractivity (Wildman–Crippen MR) is 37.2 cm³/mol. The summed E-state index contributed by atoms with van der Waals surface area (Å²) in [6.45, 7) is 1.49. The van der Waals surface area contributed by atoms with Gasteiger partial charge in [0.05, 0.1) is 0 Å². The van der Waals surface area contributed by atoms with E-state index in [1.165, 1.54) is 4.90 Å². The van der Waals surface area contributed by atoms with Crippen molar-refractivity contribution in [3.05, 3.63) is 0 Å². The zero-order valence-electron chi connectivity index (χ0n) is 6.10. The quantitative estimate of drug-likeness (QED) is 0.555. The van der Waals surface area contributed by atoms with Crippen molar-refractivity contribution in [2.45, 2.75) is 0 Å². The third-order valence-corrected chi connectivity index (χ3v) is 2.85. The SMILES string of the molecule is O=C(O)N1CC2[C@@H](CO)[C@H]2C1. The van der Waals surface area contributed by atoms with E-state index in [9.17, 15) is 4.79 Å². The Morgan fingerprint density at radius 1 is 1.45 bits per heavy atom. The second-order valence-electron chi connectivity index (χ2n) is 3.36. The zero-order chi connectivity index (χ0) is 8.01. The molecule has 0 radical (unpaired) electrons. The summed E-state index contributed by atoms with van der Waals surface area (Å²) in [6.07, 6.45) is -0.825. The van der Waals surface area contributed by atoms with Crippen molar-refractivity contribution in [2.24, 2.45) is 17.8 Å². The molecule has 1 aliphatic carbocycles. The molecular formula is C7H11NO3. The molecule has 4 heteroatoms. The van der Waals surface area contributed by atoms with E-state index in [-0.39, 0.29) is 6.61 Å². The third-order valence-electron chi connectivity index (χ3n) is 2.85. The molecule has 0 spiro atoms. The monoisotopic (exact) mass is 157 g/mol. The highest BCUT2D eigenvalue weighted by atomic mass is 16.4. The highest BCUT2D eigenvalue weighted by Gasteiger charge is 2.56. The Morgan fingerprint density at radius 3 is 2.36 bits per heavy atom. The molecule has 2 fully saturated rings. The number of hydrogen-bond donors (Lipinski definition) is 2. The normalized spacial score (nSPS) is 40.5. The van der Waals surface area contributed by atoms with E-state index in [1.807, 2.05) is 0 Å². The fraction of sp³-hybridized carbons (Fsp3) is 0.857. The van der Waals surface area contributed by atoms with Crippen LogP contribution in [0.15, 0.2) is 0 Å². The van der Waals surface area contributed by atoms with Crippen molar-refractivity contribution < 1.29 is 15.0 Å². The summed E-state index contributed by atoms with van der Waals surface area (Å²) >= 11 is 0. The van der Waals surface area contributed by atoms with Crippen LogP contribution in [0.4, 0.5) is 4.79 Å². The minimum absolute atomic E-state index is 0.225. The van der Waals surface area contributed by atoms with Crippen molar-refractivity contribution in [1.29, 1.82) is 0 Å². The Kier molecular flexibility index (Phi) is 1.32. The van der Waals surface area contributed by atoms with Gasteiger partial charge in [0.25, 0.3) is 0 Å². The number of aliphatic hydroxyl groups is 1. The lowest BCUT2D eigenvalue weighted by Gasteiger charge is -2.14. The maximum atomic E-state index is 10.4. The van der Waals surface area contributed by atoms with Crippen LogP contribution >= 0.6 is 0 Å². The van der Waals surface area contributed by atoms with Crippen LogP contribution in [-0.4, -0.2) is 40.9 Å². The maximum Gasteiger partial charge on any atom is 0.407 e. The summed E-state index contributed by atoms with van der Waals surface area (Å²) in [7, 11) is 0. The number of piperidine rings is 1. The van der Waals surface area contributed by atoms with E-state index < -0.39 is 6.09 Å². The van der Waals surface area contributed by atoms with Crippen LogP contribution in [0.3, 0.4) is 0 Å². The Morgan fingerprint density at radius 2 is 2.00 bits per heavy atom. The summed E-state index contributed by atoms with van der Waals surface area (Å²) in [5, 5.41) is 17.3. The summed E-state index contributed by atoms with van der Waals surface area (Å²) < 4.78 is 0. The number of fused-ring (bicyclic) bond motifs is 1. The first kappa shape index (κ1) is 6.91. The topological polar surface area (TPSA) is 60.8 Å². The number of amides is 1. The van der Waals surface area contributed by atoms with Crippen LogP contribution in [0, 0.1) is 17.8 Å². The number of likely N-dealkylation sites (tertiary alicyclic amines) is 1. The van der Waals surface area contributed by atoms with Gasteiger partial charge in [0.1, 0.15) is 0 Å². The molecule has 0 aromatic carbocycles. The molecule has 1 heterocycles. The van der Waals surface area contributed by atoms with Gasteiger partial charge in [-0.3, -0.25) is 0 Å². The smallest absolute Gasteiger partial charge is 0.407 e. The van der Waals surface area contributed by atoms with Crippen LogP contribution in [0.1, 0.15) is 0 Å². The lowest BCUT2D eigenvalue weighted by atomic mass is 10.3. The van der Waals surface area contributed by atoms with Gasteiger partial charge in [-0.15, -0.1) is 0 Å². The number of carboxylic acid groups (broad SMARTS) is 1. The standard InChI is InChI=1S/C7H11NO3/c9-3-6-4-1-8(7(10)11)2-5(4)6/h4-6,9H,1-3H2,(H,10,11)/t4-,5?,6-/m0/s1. The highest BCUT2D eigenvalue weighted by molar-refractivity contribution is 5.65. The number of aliphatic hydroxyl groups excluding tert-OH is 1. The Bertz CT molecular complexity index is 182. The lowest BCUT2D eigenvalue weighted by Crippen LogP contribution is -2.30. The van der Waals surface area contributed by atoms with Crippen LogP contribution in [0.5, 0.6) is 0 Å². The van der Waals surface area contributed by atoms with E-state index in [0.717, 1.165) is 0 Å². The average Bonchev–Trinajstić information content (AvgIpc) is 2.41. The maximum absolute atomic E-state index is 10.4. The van der Waals surface area contributed by atoms with E-state index in [0.29, 0.717) is 30.8 Å². The number of carbonyl (C=O) groups is 1. The lowest BCUT2D eigenvalue weighted by molar-refractivity contribution is 0.144. The second-order valence-corrected chi connectivity index (χ2v) is 3.36. The van der Waals surface area contributed by atoms with E-state index >= 15 is 0 Å². The minimum atomic E-state index is -0.825. The number of rotatable bonds is 1. The molecule has 1 saturated heterocycles. The van der Waals surface area contributed by atoms with Gasteiger partial charge in [-0.1, -0.05) is 0 Å². The molecule has 2 N–H and O–H groups in total. The van der Waals surface area contributed by atoms with Gasteiger partial charge >= 0.3 is 6.09 Å². The van der Waals surface area contributed by atoms with Gasteiger partial charge in [-0.25, -0.2) is 4.79 Å². The van der Waals surface area contributed by atoms with Gasteiger partial charge in [0, 0.05) is 19.7 Å². The van der Waals surface area contributed by atoms with Crippen molar-refractivity contribution in [3.8, 4) is 0 Å². The van der Waals surface area contributed by atoms with E-state index in [4.69, 9.17) is 10.2 Å². The molecule has 1 aliphatic heterocycles. The van der Waals surface area contributed by atoms with Crippen LogP contribution in [0.2, 0.25) is 0 Å². The molecule has 1 saturated carbocycles. The van der Waals surface area contributed by atoms with Crippen molar-refractivity contribution >= 4 is 6.09 Å². The first-order chi connectivity index (χ1) is 5.24. The summed E-state index contributed by atoms with van der Waals surface area (Å²) in [5.41, 5.74) is 0. The van der Waals surface area contributed by atoms with Crippen LogP contribution in [0.25, 0.3) is 0 Å². The first-order valence-electron chi connectivity index (χ1n) is 3.82. The molecule has 1 amide bonds. The van der Waals surface area contributed by atoms with Crippen molar-refractivity contribution in [1.82, 2.24) is 4.90 Å². The van der Waals surface area contributed by atoms with E-state index in [1.54, 1.807) is 0 Å². The molecule has 0 aromatic rings. The molecule has 4 nitrogen and oxygen atoms in total. The second kappa shape index (κ2) is 2.11. The molecule has 0 bridgehead atoms. The van der Waals surface area contributed by atoms with Gasteiger partial charge < -0.3 is 15.1 Å². The summed E-state index contributed by atoms with van der Waals surface area (Å²) in [6, 6.07) is 0. The molecule has 11 heavy (non-hydrogen) atoms. The molecule has 1 unspecified atom stereocenters. The Balaban J connectivity index is 1.89. The number of hydrogen-bond acceptors (Lipinski definition) is 2. The average molecular weight is 157 g/mol. The predicted octanol–water partition coefficient (Wildman–Crippen LogP) is -0.165. The molecule has 3 atom stereocenters. The highest BCUT2D eigenvalue weighted by Crippen LogP contribution is 2.51. The first-order valence-corrected chi connectivity index (χ1v) is 3.82. The van der Waals surface area contributed by atoms with E-state index in [2.05, 4.69) is 0 Å². The Hall–Kier alpha value is -0.770. The summed E-state index contributed by atoms with van der Waals surface area (Å²) in [5.74, 6) is 1.30. The van der Waals surface area contributed by atoms with Gasteiger partial charge in [0.2, 0.25) is 0 Å². The molecule has 0 aromatic heterocycles.